The van der Waals surface area contributed by atoms with Gasteiger partial charge in [0.2, 0.25) is 0 Å². The molecule has 4 rings (SSSR count). The zero-order chi connectivity index (χ0) is 25.4. The Morgan fingerprint density at radius 2 is 1.86 bits per heavy atom. The SMILES string of the molecule is CC(C)(C)OC(=O)N1CCN(C2c3ccccc3C(COS(C)(=O)=O)=Cc3cc(Br)cnc32)CC1. The van der Waals surface area contributed by atoms with Crippen molar-refractivity contribution in [2.45, 2.75) is 32.4 Å². The van der Waals surface area contributed by atoms with Crippen molar-refractivity contribution < 1.29 is 22.1 Å². The van der Waals surface area contributed by atoms with E-state index in [1.54, 1.807) is 11.1 Å². The van der Waals surface area contributed by atoms with Crippen molar-refractivity contribution in [2.75, 3.05) is 39.0 Å². The van der Waals surface area contributed by atoms with Gasteiger partial charge in [-0.05, 0) is 71.1 Å². The largest absolute Gasteiger partial charge is 0.444 e. The van der Waals surface area contributed by atoms with Crippen LogP contribution in [0.25, 0.3) is 11.6 Å². The number of ether oxygens (including phenoxy) is 1. The van der Waals surface area contributed by atoms with Gasteiger partial charge in [0, 0.05) is 36.8 Å². The third-order valence-electron chi connectivity index (χ3n) is 5.87. The highest BCUT2D eigenvalue weighted by Crippen LogP contribution is 2.40. The normalized spacial score (nSPS) is 18.8. The maximum absolute atomic E-state index is 12.6. The topological polar surface area (TPSA) is 89.0 Å². The van der Waals surface area contributed by atoms with Crippen molar-refractivity contribution in [3.8, 4) is 0 Å². The number of fused-ring (bicyclic) bond motifs is 2. The quantitative estimate of drug-likeness (QED) is 0.512. The van der Waals surface area contributed by atoms with E-state index in [1.165, 1.54) is 0 Å². The van der Waals surface area contributed by atoms with Gasteiger partial charge < -0.3 is 9.64 Å². The first-order chi connectivity index (χ1) is 16.4. The van der Waals surface area contributed by atoms with Crippen LogP contribution in [0, 0.1) is 0 Å². The molecular weight excluding hydrogens is 534 g/mol. The lowest BCUT2D eigenvalue weighted by molar-refractivity contribution is 0.0118. The lowest BCUT2D eigenvalue weighted by Gasteiger charge is -2.40. The van der Waals surface area contributed by atoms with E-state index in [-0.39, 0.29) is 18.7 Å². The number of hydrogen-bond acceptors (Lipinski definition) is 7. The Hall–Kier alpha value is -2.27. The number of carbonyl (C=O) groups is 1. The average Bonchev–Trinajstić information content (AvgIpc) is 2.90. The summed E-state index contributed by atoms with van der Waals surface area (Å²) in [5, 5.41) is 0. The minimum Gasteiger partial charge on any atom is -0.444 e. The van der Waals surface area contributed by atoms with Crippen molar-refractivity contribution >= 4 is 43.8 Å². The van der Waals surface area contributed by atoms with Crippen LogP contribution >= 0.6 is 15.9 Å². The van der Waals surface area contributed by atoms with Crippen molar-refractivity contribution in [3.63, 3.8) is 0 Å². The summed E-state index contributed by atoms with van der Waals surface area (Å²) in [5.74, 6) is 0. The summed E-state index contributed by atoms with van der Waals surface area (Å²) in [4.78, 5) is 21.4. The van der Waals surface area contributed by atoms with Crippen molar-refractivity contribution in [1.29, 1.82) is 0 Å². The summed E-state index contributed by atoms with van der Waals surface area (Å²) >= 11 is 3.51. The summed E-state index contributed by atoms with van der Waals surface area (Å²) < 4.78 is 35.0. The van der Waals surface area contributed by atoms with E-state index in [1.807, 2.05) is 57.2 Å². The first kappa shape index (κ1) is 25.8. The van der Waals surface area contributed by atoms with Gasteiger partial charge in [0.15, 0.2) is 0 Å². The van der Waals surface area contributed by atoms with Gasteiger partial charge in [-0.2, -0.15) is 8.42 Å². The lowest BCUT2D eigenvalue weighted by atomic mass is 9.94. The number of benzene rings is 1. The molecule has 0 bridgehead atoms. The standard InChI is InChI=1S/C25H30BrN3O5S/c1-25(2,3)34-24(30)29-11-9-28(10-12-29)23-21-8-6-5-7-20(21)18(16-33-35(4,31)32)13-17-14-19(26)15-27-22(17)23/h5-8,13-15,23H,9-12,16H2,1-4H3. The monoisotopic (exact) mass is 563 g/mol. The van der Waals surface area contributed by atoms with Crippen LogP contribution in [0.2, 0.25) is 0 Å². The number of carbonyl (C=O) groups excluding carboxylic acids is 1. The molecule has 1 aromatic heterocycles. The molecule has 35 heavy (non-hydrogen) atoms. The molecule has 0 spiro atoms. The fraction of sp³-hybridized carbons (Fsp3) is 0.440. The molecule has 0 saturated carbocycles. The number of amides is 1. The Morgan fingerprint density at radius 3 is 2.51 bits per heavy atom. The minimum absolute atomic E-state index is 0.0685. The van der Waals surface area contributed by atoms with Gasteiger partial charge in [-0.25, -0.2) is 4.79 Å². The predicted molar refractivity (Wildman–Crippen MR) is 138 cm³/mol. The van der Waals surface area contributed by atoms with E-state index in [2.05, 4.69) is 20.8 Å². The number of hydrogen-bond donors (Lipinski definition) is 0. The molecule has 2 aliphatic rings. The van der Waals surface area contributed by atoms with Crippen LogP contribution in [-0.2, 0) is 19.0 Å². The number of halogens is 1. The van der Waals surface area contributed by atoms with Crippen LogP contribution in [-0.4, -0.2) is 73.9 Å². The van der Waals surface area contributed by atoms with Crippen LogP contribution in [0.4, 0.5) is 4.79 Å². The van der Waals surface area contributed by atoms with E-state index in [9.17, 15) is 13.2 Å². The van der Waals surface area contributed by atoms with Crippen LogP contribution in [0.5, 0.6) is 0 Å². The molecule has 10 heteroatoms. The number of nitrogens with zero attached hydrogens (tertiary/aromatic N) is 3. The minimum atomic E-state index is -3.61. The maximum Gasteiger partial charge on any atom is 0.410 e. The fourth-order valence-corrected chi connectivity index (χ4v) is 5.09. The van der Waals surface area contributed by atoms with E-state index >= 15 is 0 Å². The van der Waals surface area contributed by atoms with Gasteiger partial charge >= 0.3 is 6.09 Å². The molecule has 1 unspecified atom stereocenters. The predicted octanol–water partition coefficient (Wildman–Crippen LogP) is 4.32. The molecule has 1 aliphatic heterocycles. The zero-order valence-corrected chi connectivity index (χ0v) is 22.7. The van der Waals surface area contributed by atoms with E-state index in [0.717, 1.165) is 38.7 Å². The Balaban J connectivity index is 1.68. The Kier molecular flexibility index (Phi) is 7.38. The molecule has 2 aromatic rings. The highest BCUT2D eigenvalue weighted by molar-refractivity contribution is 9.10. The number of piperazine rings is 1. The van der Waals surface area contributed by atoms with Crippen molar-refractivity contribution in [2.24, 2.45) is 0 Å². The Labute approximate surface area is 215 Å². The number of rotatable bonds is 4. The average molecular weight is 565 g/mol. The van der Waals surface area contributed by atoms with E-state index in [4.69, 9.17) is 13.9 Å². The first-order valence-electron chi connectivity index (χ1n) is 11.4. The molecule has 1 aliphatic carbocycles. The van der Waals surface area contributed by atoms with Crippen LogP contribution in [0.3, 0.4) is 0 Å². The molecule has 0 N–H and O–H groups in total. The molecule has 1 fully saturated rings. The second-order valence-corrected chi connectivity index (χ2v) is 12.3. The molecule has 0 radical (unpaired) electrons. The molecule has 1 amide bonds. The highest BCUT2D eigenvalue weighted by Gasteiger charge is 2.34. The number of aromatic nitrogens is 1. The van der Waals surface area contributed by atoms with Gasteiger partial charge in [0.25, 0.3) is 10.1 Å². The second kappa shape index (κ2) is 10.0. The molecule has 1 aromatic carbocycles. The van der Waals surface area contributed by atoms with E-state index in [0.29, 0.717) is 26.2 Å². The van der Waals surface area contributed by atoms with Gasteiger partial charge in [-0.15, -0.1) is 0 Å². The van der Waals surface area contributed by atoms with Crippen LogP contribution in [0.1, 0.15) is 49.2 Å². The van der Waals surface area contributed by atoms with Crippen molar-refractivity contribution in [1.82, 2.24) is 14.8 Å². The summed E-state index contributed by atoms with van der Waals surface area (Å²) in [6.45, 7) is 7.89. The smallest absolute Gasteiger partial charge is 0.410 e. The Morgan fingerprint density at radius 1 is 1.17 bits per heavy atom. The summed E-state index contributed by atoms with van der Waals surface area (Å²) in [7, 11) is -3.61. The zero-order valence-electron chi connectivity index (χ0n) is 20.3. The second-order valence-electron chi connectivity index (χ2n) is 9.76. The molecule has 2 heterocycles. The summed E-state index contributed by atoms with van der Waals surface area (Å²) in [6, 6.07) is 9.76. The number of pyridine rings is 1. The molecule has 1 saturated heterocycles. The molecular formula is C25H30BrN3O5S. The Bertz CT molecular complexity index is 1250. The van der Waals surface area contributed by atoms with Crippen LogP contribution < -0.4 is 0 Å². The summed E-state index contributed by atoms with van der Waals surface area (Å²) in [6.07, 6.45) is 4.48. The lowest BCUT2D eigenvalue weighted by Crippen LogP contribution is -2.51. The maximum atomic E-state index is 12.6. The summed E-state index contributed by atoms with van der Waals surface area (Å²) in [5.41, 5.74) is 3.94. The van der Waals surface area contributed by atoms with Crippen molar-refractivity contribution in [3.05, 3.63) is 63.4 Å². The molecule has 1 atom stereocenters. The van der Waals surface area contributed by atoms with E-state index < -0.39 is 15.7 Å². The van der Waals surface area contributed by atoms with Gasteiger partial charge in [0.1, 0.15) is 5.60 Å². The van der Waals surface area contributed by atoms with Crippen LogP contribution in [0.15, 0.2) is 41.0 Å². The molecule has 8 nitrogen and oxygen atoms in total. The van der Waals surface area contributed by atoms with Gasteiger partial charge in [-0.1, -0.05) is 24.3 Å². The third kappa shape index (κ3) is 6.30. The van der Waals surface area contributed by atoms with Gasteiger partial charge in [0.05, 0.1) is 24.6 Å². The fourth-order valence-electron chi connectivity index (χ4n) is 4.40. The first-order valence-corrected chi connectivity index (χ1v) is 14.0. The highest BCUT2D eigenvalue weighted by atomic mass is 79.9. The third-order valence-corrected chi connectivity index (χ3v) is 6.85. The van der Waals surface area contributed by atoms with Gasteiger partial charge in [-0.3, -0.25) is 14.1 Å². The molecule has 188 valence electrons.